The normalized spacial score (nSPS) is 10.0. The first-order valence-electron chi connectivity index (χ1n) is 5.34. The van der Waals surface area contributed by atoms with E-state index in [9.17, 15) is 4.79 Å². The number of aromatic nitrogens is 1. The largest absolute Gasteiger partial charge is 0.354 e. The molecule has 0 aliphatic heterocycles. The molecule has 0 aliphatic carbocycles. The summed E-state index contributed by atoms with van der Waals surface area (Å²) in [6, 6.07) is 3.81. The Bertz CT molecular complexity index is 361. The minimum Gasteiger partial charge on any atom is -0.354 e. The number of aryl methyl sites for hydroxylation is 1. The molecule has 0 atom stereocenters. The zero-order valence-electron chi connectivity index (χ0n) is 10.9. The molecule has 4 nitrogen and oxygen atoms in total. The van der Waals surface area contributed by atoms with Gasteiger partial charge in [-0.2, -0.15) is 0 Å². The molecule has 1 rings (SSSR count). The Morgan fingerprint density at radius 1 is 1.39 bits per heavy atom. The second-order valence-electron chi connectivity index (χ2n) is 4.75. The molecule has 0 aromatic carbocycles. The maximum atomic E-state index is 11.5. The number of nitrogens with zero attached hydrogens (tertiary/aromatic N) is 1. The van der Waals surface area contributed by atoms with Gasteiger partial charge in [-0.1, -0.05) is 6.07 Å². The fraction of sp³-hybridized carbons (Fsp3) is 0.500. The smallest absolute Gasteiger partial charge is 0.224 e. The van der Waals surface area contributed by atoms with E-state index in [1.807, 2.05) is 32.9 Å². The molecule has 104 valence electrons. The van der Waals surface area contributed by atoms with Crippen LogP contribution in [0, 0.1) is 6.92 Å². The SMILES string of the molecule is Cc1ccc(CC(=O)NCC(C)(C)N)cn1.Cl.Cl. The fourth-order valence-electron chi connectivity index (χ4n) is 1.18. The lowest BCUT2D eigenvalue weighted by Gasteiger charge is -2.18. The van der Waals surface area contributed by atoms with Gasteiger partial charge < -0.3 is 11.1 Å². The highest BCUT2D eigenvalue weighted by atomic mass is 35.5. The van der Waals surface area contributed by atoms with Gasteiger partial charge in [-0.15, -0.1) is 24.8 Å². The van der Waals surface area contributed by atoms with Gasteiger partial charge >= 0.3 is 0 Å². The van der Waals surface area contributed by atoms with Crippen LogP contribution in [0.3, 0.4) is 0 Å². The van der Waals surface area contributed by atoms with Gasteiger partial charge in [0.1, 0.15) is 0 Å². The molecular weight excluding hydrogens is 273 g/mol. The second kappa shape index (κ2) is 8.29. The van der Waals surface area contributed by atoms with Crippen LogP contribution in [0.1, 0.15) is 25.1 Å². The number of hydrogen-bond donors (Lipinski definition) is 2. The monoisotopic (exact) mass is 293 g/mol. The van der Waals surface area contributed by atoms with E-state index >= 15 is 0 Å². The van der Waals surface area contributed by atoms with Crippen molar-refractivity contribution < 1.29 is 4.79 Å². The molecule has 1 aromatic heterocycles. The molecule has 1 aromatic rings. The molecule has 0 saturated carbocycles. The van der Waals surface area contributed by atoms with Crippen molar-refractivity contribution in [3.63, 3.8) is 0 Å². The maximum Gasteiger partial charge on any atom is 0.224 e. The zero-order valence-corrected chi connectivity index (χ0v) is 12.5. The maximum absolute atomic E-state index is 11.5. The molecule has 18 heavy (non-hydrogen) atoms. The van der Waals surface area contributed by atoms with E-state index in [1.54, 1.807) is 6.20 Å². The molecule has 1 heterocycles. The summed E-state index contributed by atoms with van der Waals surface area (Å²) in [4.78, 5) is 15.7. The summed E-state index contributed by atoms with van der Waals surface area (Å²) in [6.07, 6.45) is 2.08. The first-order valence-corrected chi connectivity index (χ1v) is 5.34. The lowest BCUT2D eigenvalue weighted by atomic mass is 10.1. The molecule has 3 N–H and O–H groups in total. The molecule has 0 radical (unpaired) electrons. The summed E-state index contributed by atoms with van der Waals surface area (Å²) in [7, 11) is 0. The van der Waals surface area contributed by atoms with Crippen molar-refractivity contribution in [3.8, 4) is 0 Å². The molecule has 0 fully saturated rings. The summed E-state index contributed by atoms with van der Waals surface area (Å²) in [5.41, 5.74) is 7.26. The van der Waals surface area contributed by atoms with Crippen molar-refractivity contribution >= 4 is 30.7 Å². The van der Waals surface area contributed by atoms with Gasteiger partial charge in [-0.3, -0.25) is 9.78 Å². The van der Waals surface area contributed by atoms with Gasteiger partial charge in [0.05, 0.1) is 6.42 Å². The number of hydrogen-bond acceptors (Lipinski definition) is 3. The van der Waals surface area contributed by atoms with Crippen molar-refractivity contribution in [3.05, 3.63) is 29.6 Å². The van der Waals surface area contributed by atoms with E-state index < -0.39 is 0 Å². The van der Waals surface area contributed by atoms with E-state index in [0.717, 1.165) is 11.3 Å². The summed E-state index contributed by atoms with van der Waals surface area (Å²) in [6.45, 7) is 6.15. The van der Waals surface area contributed by atoms with E-state index in [1.165, 1.54) is 0 Å². The molecule has 0 unspecified atom stereocenters. The molecule has 0 aliphatic rings. The summed E-state index contributed by atoms with van der Waals surface area (Å²) in [5.74, 6) is -0.0239. The number of rotatable bonds is 4. The van der Waals surface area contributed by atoms with Crippen LogP contribution in [-0.2, 0) is 11.2 Å². The first kappa shape index (κ1) is 19.5. The number of nitrogens with one attached hydrogen (secondary N) is 1. The quantitative estimate of drug-likeness (QED) is 0.887. The van der Waals surface area contributed by atoms with Gasteiger partial charge in [-0.25, -0.2) is 0 Å². The van der Waals surface area contributed by atoms with Crippen LogP contribution in [0.15, 0.2) is 18.3 Å². The Hall–Kier alpha value is -0.840. The number of pyridine rings is 1. The molecule has 0 bridgehead atoms. The van der Waals surface area contributed by atoms with Gasteiger partial charge in [-0.05, 0) is 32.4 Å². The molecule has 6 heteroatoms. The lowest BCUT2D eigenvalue weighted by molar-refractivity contribution is -0.120. The summed E-state index contributed by atoms with van der Waals surface area (Å²) >= 11 is 0. The van der Waals surface area contributed by atoms with Crippen LogP contribution in [0.2, 0.25) is 0 Å². The predicted molar refractivity (Wildman–Crippen MR) is 78.5 cm³/mol. The van der Waals surface area contributed by atoms with Crippen molar-refractivity contribution in [2.24, 2.45) is 5.73 Å². The highest BCUT2D eigenvalue weighted by Gasteiger charge is 2.12. The van der Waals surface area contributed by atoms with E-state index in [0.29, 0.717) is 13.0 Å². The minimum absolute atomic E-state index is 0. The van der Waals surface area contributed by atoms with Crippen LogP contribution >= 0.6 is 24.8 Å². The third kappa shape index (κ3) is 8.28. The Morgan fingerprint density at radius 3 is 2.44 bits per heavy atom. The van der Waals surface area contributed by atoms with Crippen LogP contribution < -0.4 is 11.1 Å². The van der Waals surface area contributed by atoms with Crippen molar-refractivity contribution in [1.82, 2.24) is 10.3 Å². The first-order chi connectivity index (χ1) is 7.37. The number of nitrogens with two attached hydrogens (primary N) is 1. The number of carbonyl (C=O) groups is 1. The van der Waals surface area contributed by atoms with Gasteiger partial charge in [0.25, 0.3) is 0 Å². The van der Waals surface area contributed by atoms with E-state index in [2.05, 4.69) is 10.3 Å². The molecule has 0 spiro atoms. The van der Waals surface area contributed by atoms with E-state index in [4.69, 9.17) is 5.73 Å². The predicted octanol–water partition coefficient (Wildman–Crippen LogP) is 1.63. The Morgan fingerprint density at radius 2 is 2.00 bits per heavy atom. The van der Waals surface area contributed by atoms with Crippen molar-refractivity contribution in [1.29, 1.82) is 0 Å². The van der Waals surface area contributed by atoms with Crippen LogP contribution in [0.4, 0.5) is 0 Å². The van der Waals surface area contributed by atoms with Crippen LogP contribution in [0.25, 0.3) is 0 Å². The zero-order chi connectivity index (χ0) is 12.2. The highest BCUT2D eigenvalue weighted by molar-refractivity contribution is 5.85. The number of amides is 1. The van der Waals surface area contributed by atoms with Crippen LogP contribution in [0.5, 0.6) is 0 Å². The fourth-order valence-corrected chi connectivity index (χ4v) is 1.18. The van der Waals surface area contributed by atoms with E-state index in [-0.39, 0.29) is 36.3 Å². The third-order valence-electron chi connectivity index (χ3n) is 2.08. The molecular formula is C12H21Cl2N3O. The molecule has 0 saturated heterocycles. The van der Waals surface area contributed by atoms with Gasteiger partial charge in [0.2, 0.25) is 5.91 Å². The van der Waals surface area contributed by atoms with Crippen LogP contribution in [-0.4, -0.2) is 23.0 Å². The standard InChI is InChI=1S/C12H19N3O.2ClH/c1-9-4-5-10(7-14-9)6-11(16)15-8-12(2,3)13;;/h4-5,7H,6,8,13H2,1-3H3,(H,15,16);2*1H. The topological polar surface area (TPSA) is 68.0 Å². The Balaban J connectivity index is 0. The minimum atomic E-state index is -0.374. The van der Waals surface area contributed by atoms with Crippen molar-refractivity contribution in [2.75, 3.05) is 6.54 Å². The lowest BCUT2D eigenvalue weighted by Crippen LogP contribution is -2.45. The number of carbonyl (C=O) groups excluding carboxylic acids is 1. The number of halogens is 2. The Kier molecular flexibility index (Phi) is 8.99. The second-order valence-corrected chi connectivity index (χ2v) is 4.75. The van der Waals surface area contributed by atoms with Gasteiger partial charge in [0, 0.05) is 24.0 Å². The Labute approximate surface area is 121 Å². The molecule has 1 amide bonds. The third-order valence-corrected chi connectivity index (χ3v) is 2.08. The average Bonchev–Trinajstić information content (AvgIpc) is 2.18. The average molecular weight is 294 g/mol. The van der Waals surface area contributed by atoms with Crippen molar-refractivity contribution in [2.45, 2.75) is 32.7 Å². The summed E-state index contributed by atoms with van der Waals surface area (Å²) < 4.78 is 0. The highest BCUT2D eigenvalue weighted by Crippen LogP contribution is 2.00. The summed E-state index contributed by atoms with van der Waals surface area (Å²) in [5, 5.41) is 2.79. The van der Waals surface area contributed by atoms with Gasteiger partial charge in [0.15, 0.2) is 0 Å².